The van der Waals surface area contributed by atoms with Crippen LogP contribution in [0.2, 0.25) is 0 Å². The molecule has 0 bridgehead atoms. The fourth-order valence-electron chi connectivity index (χ4n) is 1.48. The molecule has 0 aliphatic heterocycles. The molecule has 0 saturated heterocycles. The van der Waals surface area contributed by atoms with Gasteiger partial charge in [-0.2, -0.15) is 5.26 Å². The zero-order chi connectivity index (χ0) is 13.1. The summed E-state index contributed by atoms with van der Waals surface area (Å²) in [7, 11) is 0. The van der Waals surface area contributed by atoms with Crippen LogP contribution in [0.25, 0.3) is 0 Å². The number of nitriles is 1. The summed E-state index contributed by atoms with van der Waals surface area (Å²) in [5, 5.41) is 8.98. The minimum Gasteiger partial charge on any atom is -0.453 e. The first-order valence-corrected chi connectivity index (χ1v) is 6.03. The zero-order valence-electron chi connectivity index (χ0n) is 9.58. The predicted molar refractivity (Wildman–Crippen MR) is 70.1 cm³/mol. The van der Waals surface area contributed by atoms with Gasteiger partial charge in [0, 0.05) is 4.47 Å². The first-order chi connectivity index (χ1) is 8.60. The van der Waals surface area contributed by atoms with E-state index in [1.165, 1.54) is 12.1 Å². The highest BCUT2D eigenvalue weighted by atomic mass is 79.9. The summed E-state index contributed by atoms with van der Waals surface area (Å²) in [6.07, 6.45) is 0. The van der Waals surface area contributed by atoms with Gasteiger partial charge in [-0.25, -0.2) is 4.39 Å². The fourth-order valence-corrected chi connectivity index (χ4v) is 1.82. The van der Waals surface area contributed by atoms with Crippen LogP contribution in [0.3, 0.4) is 0 Å². The van der Waals surface area contributed by atoms with Crippen LogP contribution in [0.15, 0.2) is 40.9 Å². The van der Waals surface area contributed by atoms with Gasteiger partial charge >= 0.3 is 0 Å². The van der Waals surface area contributed by atoms with Crippen molar-refractivity contribution in [1.82, 2.24) is 0 Å². The Morgan fingerprint density at radius 2 is 1.94 bits per heavy atom. The second-order valence-corrected chi connectivity index (χ2v) is 4.70. The van der Waals surface area contributed by atoms with E-state index >= 15 is 0 Å². The molecule has 90 valence electrons. The number of aryl methyl sites for hydroxylation is 1. The third kappa shape index (κ3) is 2.69. The summed E-state index contributed by atoms with van der Waals surface area (Å²) in [4.78, 5) is 0. The second kappa shape index (κ2) is 5.19. The summed E-state index contributed by atoms with van der Waals surface area (Å²) < 4.78 is 19.7. The number of hydrogen-bond donors (Lipinski definition) is 0. The van der Waals surface area contributed by atoms with E-state index in [0.717, 1.165) is 5.56 Å². The van der Waals surface area contributed by atoms with Crippen molar-refractivity contribution >= 4 is 15.9 Å². The number of rotatable bonds is 2. The molecular formula is C14H9BrFNO. The van der Waals surface area contributed by atoms with Gasteiger partial charge in [0.2, 0.25) is 0 Å². The second-order valence-electron chi connectivity index (χ2n) is 3.79. The first kappa shape index (κ1) is 12.6. The van der Waals surface area contributed by atoms with Crippen molar-refractivity contribution in [3.63, 3.8) is 0 Å². The molecule has 0 atom stereocenters. The lowest BCUT2D eigenvalue weighted by Crippen LogP contribution is -1.92. The molecule has 0 heterocycles. The molecule has 0 N–H and O–H groups in total. The van der Waals surface area contributed by atoms with E-state index < -0.39 is 5.82 Å². The Labute approximate surface area is 113 Å². The molecule has 0 unspecified atom stereocenters. The summed E-state index contributed by atoms with van der Waals surface area (Å²) >= 11 is 3.25. The highest BCUT2D eigenvalue weighted by Crippen LogP contribution is 2.30. The van der Waals surface area contributed by atoms with Gasteiger partial charge in [0.05, 0.1) is 5.56 Å². The Kier molecular flexibility index (Phi) is 3.63. The van der Waals surface area contributed by atoms with Gasteiger partial charge in [0.15, 0.2) is 11.6 Å². The average Bonchev–Trinajstić information content (AvgIpc) is 2.34. The Bertz CT molecular complexity index is 634. The monoisotopic (exact) mass is 305 g/mol. The number of nitrogens with zero attached hydrogens (tertiary/aromatic N) is 1. The lowest BCUT2D eigenvalue weighted by molar-refractivity contribution is 0.440. The zero-order valence-corrected chi connectivity index (χ0v) is 11.2. The van der Waals surface area contributed by atoms with Crippen LogP contribution in [0.5, 0.6) is 11.5 Å². The number of ether oxygens (including phenoxy) is 1. The van der Waals surface area contributed by atoms with Crippen LogP contribution < -0.4 is 4.74 Å². The molecule has 0 fully saturated rings. The van der Waals surface area contributed by atoms with Crippen molar-refractivity contribution in [1.29, 1.82) is 5.26 Å². The molecule has 0 aliphatic rings. The lowest BCUT2D eigenvalue weighted by Gasteiger charge is -2.09. The summed E-state index contributed by atoms with van der Waals surface area (Å²) in [6.45, 7) is 1.88. The fraction of sp³-hybridized carbons (Fsp3) is 0.0714. The van der Waals surface area contributed by atoms with Crippen LogP contribution in [-0.4, -0.2) is 0 Å². The van der Waals surface area contributed by atoms with Crippen molar-refractivity contribution in [2.24, 2.45) is 0 Å². The molecule has 0 spiro atoms. The van der Waals surface area contributed by atoms with Gasteiger partial charge < -0.3 is 4.74 Å². The van der Waals surface area contributed by atoms with Gasteiger partial charge in [-0.3, -0.25) is 0 Å². The molecule has 0 aromatic heterocycles. The van der Waals surface area contributed by atoms with Gasteiger partial charge in [-0.05, 0) is 42.8 Å². The highest BCUT2D eigenvalue weighted by Gasteiger charge is 2.09. The summed E-state index contributed by atoms with van der Waals surface area (Å²) in [6, 6.07) is 11.6. The lowest BCUT2D eigenvalue weighted by atomic mass is 10.1. The molecule has 2 aromatic carbocycles. The van der Waals surface area contributed by atoms with Crippen LogP contribution in [0, 0.1) is 24.1 Å². The molecule has 2 rings (SSSR count). The predicted octanol–water partition coefficient (Wildman–Crippen LogP) is 4.56. The van der Waals surface area contributed by atoms with E-state index in [-0.39, 0.29) is 5.75 Å². The maximum Gasteiger partial charge on any atom is 0.165 e. The van der Waals surface area contributed by atoms with Crippen molar-refractivity contribution < 1.29 is 9.13 Å². The maximum atomic E-state index is 13.6. The van der Waals surface area contributed by atoms with E-state index in [1.54, 1.807) is 18.2 Å². The molecular weight excluding hydrogens is 297 g/mol. The molecule has 0 aliphatic carbocycles. The number of hydrogen-bond acceptors (Lipinski definition) is 2. The number of benzene rings is 2. The SMILES string of the molecule is Cc1ccc(C#N)c(Oc2cc(Br)ccc2F)c1. The largest absolute Gasteiger partial charge is 0.453 e. The summed E-state index contributed by atoms with van der Waals surface area (Å²) in [5.41, 5.74) is 1.32. The standard InChI is InChI=1S/C14H9BrFNO/c1-9-2-3-10(8-17)13(6-9)18-14-7-11(15)4-5-12(14)16/h2-7H,1H3. The van der Waals surface area contributed by atoms with Crippen molar-refractivity contribution in [3.8, 4) is 17.6 Å². The van der Waals surface area contributed by atoms with Crippen molar-refractivity contribution in [3.05, 3.63) is 57.8 Å². The van der Waals surface area contributed by atoms with E-state index in [4.69, 9.17) is 10.00 Å². The van der Waals surface area contributed by atoms with E-state index in [2.05, 4.69) is 15.9 Å². The minimum atomic E-state index is -0.469. The van der Waals surface area contributed by atoms with Gasteiger partial charge in [0.25, 0.3) is 0 Å². The van der Waals surface area contributed by atoms with E-state index in [1.807, 2.05) is 19.1 Å². The molecule has 18 heavy (non-hydrogen) atoms. The Balaban J connectivity index is 2.43. The number of halogens is 2. The summed E-state index contributed by atoms with van der Waals surface area (Å²) in [5.74, 6) is -0.0235. The van der Waals surface area contributed by atoms with Crippen molar-refractivity contribution in [2.75, 3.05) is 0 Å². The van der Waals surface area contributed by atoms with Crippen LogP contribution in [-0.2, 0) is 0 Å². The van der Waals surface area contributed by atoms with Crippen molar-refractivity contribution in [2.45, 2.75) is 6.92 Å². The third-order valence-corrected chi connectivity index (χ3v) is 2.86. The Morgan fingerprint density at radius 1 is 1.17 bits per heavy atom. The first-order valence-electron chi connectivity index (χ1n) is 5.24. The molecule has 4 heteroatoms. The molecule has 0 radical (unpaired) electrons. The average molecular weight is 306 g/mol. The van der Waals surface area contributed by atoms with Crippen LogP contribution in [0.1, 0.15) is 11.1 Å². The normalized spacial score (nSPS) is 9.89. The molecule has 0 amide bonds. The quantitative estimate of drug-likeness (QED) is 0.815. The Morgan fingerprint density at radius 3 is 2.67 bits per heavy atom. The Hall–Kier alpha value is -1.86. The van der Waals surface area contributed by atoms with Crippen LogP contribution in [0.4, 0.5) is 4.39 Å². The molecule has 2 aromatic rings. The van der Waals surface area contributed by atoms with Gasteiger partial charge in [-0.1, -0.05) is 22.0 Å². The van der Waals surface area contributed by atoms with E-state index in [0.29, 0.717) is 15.8 Å². The molecule has 2 nitrogen and oxygen atoms in total. The van der Waals surface area contributed by atoms with Crippen LogP contribution >= 0.6 is 15.9 Å². The smallest absolute Gasteiger partial charge is 0.165 e. The third-order valence-electron chi connectivity index (χ3n) is 2.37. The van der Waals surface area contributed by atoms with E-state index in [9.17, 15) is 4.39 Å². The molecule has 0 saturated carbocycles. The maximum absolute atomic E-state index is 13.6. The van der Waals surface area contributed by atoms with Gasteiger partial charge in [-0.15, -0.1) is 0 Å². The topological polar surface area (TPSA) is 33.0 Å². The minimum absolute atomic E-state index is 0.0893. The highest BCUT2D eigenvalue weighted by molar-refractivity contribution is 9.10. The van der Waals surface area contributed by atoms with Gasteiger partial charge in [0.1, 0.15) is 11.8 Å².